The molecule has 0 aliphatic rings. The van der Waals surface area contributed by atoms with Gasteiger partial charge >= 0.3 is 0 Å². The van der Waals surface area contributed by atoms with Crippen LogP contribution < -0.4 is 5.32 Å². The average molecular weight is 377 g/mol. The van der Waals surface area contributed by atoms with Gasteiger partial charge in [0.2, 0.25) is 0 Å². The van der Waals surface area contributed by atoms with Crippen molar-refractivity contribution in [1.82, 2.24) is 9.97 Å². The molecule has 0 radical (unpaired) electrons. The minimum absolute atomic E-state index is 0.250. The highest BCUT2D eigenvalue weighted by atomic mass is 16.3. The number of benzene rings is 2. The van der Waals surface area contributed by atoms with E-state index < -0.39 is 0 Å². The molecule has 3 aromatic rings. The maximum absolute atomic E-state index is 8.36. The van der Waals surface area contributed by atoms with Crippen LogP contribution in [0.25, 0.3) is 11.4 Å². The number of rotatable bonds is 4. The van der Waals surface area contributed by atoms with Crippen LogP contribution in [0.3, 0.4) is 0 Å². The fraction of sp³-hybridized carbons (Fsp3) is 0.174. The van der Waals surface area contributed by atoms with Gasteiger partial charge in [-0.1, -0.05) is 72.3 Å². The Hall–Kier alpha value is -3.47. The number of allylic oxidation sites excluding steroid dienone is 1. The van der Waals surface area contributed by atoms with Crippen LogP contribution in [0.15, 0.2) is 73.3 Å². The first-order chi connectivity index (χ1) is 13.6. The summed E-state index contributed by atoms with van der Waals surface area (Å²) in [4.78, 5) is 17.5. The van der Waals surface area contributed by atoms with Crippen LogP contribution in [0.2, 0.25) is 0 Å². The maximum Gasteiger partial charge on any atom is 0.290 e. The molecule has 1 aromatic heterocycles. The van der Waals surface area contributed by atoms with Crippen LogP contribution in [-0.4, -0.2) is 28.6 Å². The Labute approximate surface area is 166 Å². The molecular formula is C23H27N3O2. The Morgan fingerprint density at radius 3 is 1.96 bits per heavy atom. The van der Waals surface area contributed by atoms with E-state index in [9.17, 15) is 0 Å². The first kappa shape index (κ1) is 22.6. The number of nitrogens with zero attached hydrogens (tertiary/aromatic N) is 2. The molecule has 28 heavy (non-hydrogen) atoms. The van der Waals surface area contributed by atoms with Crippen molar-refractivity contribution in [2.75, 3.05) is 12.4 Å². The first-order valence-electron chi connectivity index (χ1n) is 8.88. The molecule has 1 heterocycles. The Bertz CT molecular complexity index is 850. The molecular weight excluding hydrogens is 350 g/mol. The summed E-state index contributed by atoms with van der Waals surface area (Å²) in [5.74, 6) is 1.63. The van der Waals surface area contributed by atoms with Crippen molar-refractivity contribution in [3.63, 3.8) is 0 Å². The van der Waals surface area contributed by atoms with Crippen LogP contribution in [0.1, 0.15) is 16.8 Å². The second kappa shape index (κ2) is 12.8. The third-order valence-corrected chi connectivity index (χ3v) is 3.77. The zero-order valence-electron chi connectivity index (χ0n) is 16.6. The molecule has 0 bridgehead atoms. The van der Waals surface area contributed by atoms with Crippen molar-refractivity contribution in [2.24, 2.45) is 0 Å². The minimum Gasteiger partial charge on any atom is -0.483 e. The van der Waals surface area contributed by atoms with Crippen LogP contribution in [-0.2, 0) is 11.2 Å². The van der Waals surface area contributed by atoms with Crippen molar-refractivity contribution in [3.8, 4) is 11.4 Å². The molecule has 5 nitrogen and oxygen atoms in total. The van der Waals surface area contributed by atoms with E-state index in [0.717, 1.165) is 34.9 Å². The van der Waals surface area contributed by atoms with Gasteiger partial charge in [0.05, 0.1) is 0 Å². The number of nitrogens with one attached hydrogen (secondary N) is 1. The lowest BCUT2D eigenvalue weighted by Crippen LogP contribution is -2.05. The van der Waals surface area contributed by atoms with E-state index in [-0.39, 0.29) is 6.47 Å². The Balaban J connectivity index is 0.000000324. The molecule has 0 unspecified atom stereocenters. The van der Waals surface area contributed by atoms with Crippen LogP contribution in [0, 0.1) is 13.8 Å². The van der Waals surface area contributed by atoms with Gasteiger partial charge in [-0.05, 0) is 20.3 Å². The van der Waals surface area contributed by atoms with Gasteiger partial charge in [-0.2, -0.15) is 0 Å². The average Bonchev–Trinajstić information content (AvgIpc) is 2.72. The number of hydrogen-bond donors (Lipinski definition) is 2. The zero-order valence-corrected chi connectivity index (χ0v) is 16.6. The van der Waals surface area contributed by atoms with Gasteiger partial charge in [0.1, 0.15) is 5.82 Å². The fourth-order valence-corrected chi connectivity index (χ4v) is 2.44. The summed E-state index contributed by atoms with van der Waals surface area (Å²) in [6, 6.07) is 20.3. The van der Waals surface area contributed by atoms with Gasteiger partial charge in [-0.25, -0.2) is 9.97 Å². The van der Waals surface area contributed by atoms with E-state index >= 15 is 0 Å². The van der Waals surface area contributed by atoms with E-state index in [1.54, 1.807) is 0 Å². The molecule has 3 rings (SSSR count). The summed E-state index contributed by atoms with van der Waals surface area (Å²) in [5, 5.41) is 10.0. The van der Waals surface area contributed by atoms with E-state index in [0.29, 0.717) is 0 Å². The molecule has 0 aliphatic heterocycles. The standard InChI is InChI=1S/C15H17N3.C7H8.CH2O2/c1-4-8-13-11(2)17-14(18-15(13)16-3)12-9-6-5-7-10-12;1-7-5-3-2-4-6-7;2-1-3/h4-7,9-10H,1,8H2,2-3H3,(H,16,17,18);2-6H,1H3;1H,(H,2,3). The van der Waals surface area contributed by atoms with Gasteiger partial charge in [-0.15, -0.1) is 6.58 Å². The monoisotopic (exact) mass is 377 g/mol. The largest absolute Gasteiger partial charge is 0.483 e. The third kappa shape index (κ3) is 7.41. The Morgan fingerprint density at radius 1 is 1.00 bits per heavy atom. The van der Waals surface area contributed by atoms with Crippen molar-refractivity contribution in [2.45, 2.75) is 20.3 Å². The highest BCUT2D eigenvalue weighted by Gasteiger charge is 2.10. The Kier molecular flexibility index (Phi) is 10.3. The fourth-order valence-electron chi connectivity index (χ4n) is 2.44. The molecule has 0 fully saturated rings. The summed E-state index contributed by atoms with van der Waals surface area (Å²) in [7, 11) is 1.88. The first-order valence-corrected chi connectivity index (χ1v) is 8.88. The highest BCUT2D eigenvalue weighted by Crippen LogP contribution is 2.22. The van der Waals surface area contributed by atoms with Crippen molar-refractivity contribution < 1.29 is 9.90 Å². The highest BCUT2D eigenvalue weighted by molar-refractivity contribution is 5.59. The number of aryl methyl sites for hydroxylation is 2. The predicted octanol–water partition coefficient (Wildman–Crippen LogP) is 4.92. The predicted molar refractivity (Wildman–Crippen MR) is 116 cm³/mol. The van der Waals surface area contributed by atoms with Crippen LogP contribution in [0.5, 0.6) is 0 Å². The summed E-state index contributed by atoms with van der Waals surface area (Å²) in [6.07, 6.45) is 2.64. The number of aromatic nitrogens is 2. The normalized spacial score (nSPS) is 9.11. The van der Waals surface area contributed by atoms with E-state index in [2.05, 4.69) is 40.9 Å². The summed E-state index contributed by atoms with van der Waals surface area (Å²) < 4.78 is 0. The molecule has 0 amide bonds. The molecule has 2 N–H and O–H groups in total. The maximum atomic E-state index is 8.36. The zero-order chi connectivity index (χ0) is 20.8. The lowest BCUT2D eigenvalue weighted by Gasteiger charge is -2.11. The lowest BCUT2D eigenvalue weighted by molar-refractivity contribution is -0.122. The van der Waals surface area contributed by atoms with Crippen molar-refractivity contribution in [1.29, 1.82) is 0 Å². The van der Waals surface area contributed by atoms with Gasteiger partial charge in [0, 0.05) is 23.9 Å². The molecule has 0 atom stereocenters. The van der Waals surface area contributed by atoms with Gasteiger partial charge in [0.15, 0.2) is 5.82 Å². The number of hydrogen-bond acceptors (Lipinski definition) is 4. The van der Waals surface area contributed by atoms with E-state index in [1.807, 2.05) is 68.6 Å². The molecule has 0 saturated carbocycles. The molecule has 0 saturated heterocycles. The molecule has 0 aliphatic carbocycles. The second-order valence-electron chi connectivity index (χ2n) is 5.83. The summed E-state index contributed by atoms with van der Waals surface area (Å²) in [5.41, 5.74) is 4.45. The van der Waals surface area contributed by atoms with E-state index in [1.165, 1.54) is 5.56 Å². The van der Waals surface area contributed by atoms with Gasteiger partial charge in [-0.3, -0.25) is 4.79 Å². The van der Waals surface area contributed by atoms with Crippen LogP contribution >= 0.6 is 0 Å². The summed E-state index contributed by atoms with van der Waals surface area (Å²) in [6.45, 7) is 7.61. The smallest absolute Gasteiger partial charge is 0.290 e. The molecule has 0 spiro atoms. The van der Waals surface area contributed by atoms with Crippen molar-refractivity contribution >= 4 is 12.3 Å². The quantitative estimate of drug-likeness (QED) is 0.499. The van der Waals surface area contributed by atoms with Gasteiger partial charge < -0.3 is 10.4 Å². The SMILES string of the molecule is C=CCc1c(C)nc(-c2ccccc2)nc1NC.Cc1ccccc1.O=CO. The lowest BCUT2D eigenvalue weighted by atomic mass is 10.1. The van der Waals surface area contributed by atoms with Crippen LogP contribution in [0.4, 0.5) is 5.82 Å². The summed E-state index contributed by atoms with van der Waals surface area (Å²) >= 11 is 0. The van der Waals surface area contributed by atoms with E-state index in [4.69, 9.17) is 9.90 Å². The topological polar surface area (TPSA) is 75.1 Å². The number of carbonyl (C=O) groups is 1. The number of anilines is 1. The number of carboxylic acid groups (broad SMARTS) is 1. The third-order valence-electron chi connectivity index (χ3n) is 3.77. The molecule has 2 aromatic carbocycles. The van der Waals surface area contributed by atoms with Crippen molar-refractivity contribution in [3.05, 3.63) is 90.1 Å². The molecule has 5 heteroatoms. The second-order valence-corrected chi connectivity index (χ2v) is 5.83. The van der Waals surface area contributed by atoms with Gasteiger partial charge in [0.25, 0.3) is 6.47 Å². The molecule has 146 valence electrons. The minimum atomic E-state index is -0.250. The Morgan fingerprint density at radius 2 is 1.54 bits per heavy atom.